The monoisotopic (exact) mass is 509 g/mol. The third-order valence-corrected chi connectivity index (χ3v) is 7.53. The quantitative estimate of drug-likeness (QED) is 0.412. The van der Waals surface area contributed by atoms with Crippen LogP contribution >= 0.6 is 15.9 Å². The average molecular weight is 510 g/mol. The third-order valence-electron chi connectivity index (χ3n) is 5.08. The molecule has 1 saturated heterocycles. The molecule has 1 aliphatic heterocycles. The minimum atomic E-state index is -3.83. The van der Waals surface area contributed by atoms with Gasteiger partial charge in [-0.05, 0) is 43.2 Å². The minimum absolute atomic E-state index is 0.0396. The van der Waals surface area contributed by atoms with E-state index < -0.39 is 22.6 Å². The second kappa shape index (κ2) is 10.4. The molecule has 7 nitrogen and oxygen atoms in total. The molecule has 9 heteroatoms. The number of esters is 1. The molecule has 0 aromatic heterocycles. The zero-order valence-corrected chi connectivity index (χ0v) is 19.6. The van der Waals surface area contributed by atoms with E-state index in [2.05, 4.69) is 15.9 Å². The van der Waals surface area contributed by atoms with Gasteiger partial charge in [0.25, 0.3) is 0 Å². The van der Waals surface area contributed by atoms with Gasteiger partial charge >= 0.3 is 5.97 Å². The molecule has 0 saturated carbocycles. The Morgan fingerprint density at radius 3 is 2.19 bits per heavy atom. The van der Waals surface area contributed by atoms with E-state index >= 15 is 0 Å². The first-order chi connectivity index (χ1) is 14.8. The number of hydrogen-bond acceptors (Lipinski definition) is 6. The van der Waals surface area contributed by atoms with Gasteiger partial charge in [0.05, 0.1) is 12.7 Å². The first kappa shape index (κ1) is 23.4. The van der Waals surface area contributed by atoms with E-state index in [0.29, 0.717) is 18.7 Å². The molecule has 0 atom stereocenters. The number of hydrogen-bond donors (Lipinski definition) is 0. The van der Waals surface area contributed by atoms with Crippen LogP contribution in [-0.2, 0) is 14.8 Å². The van der Waals surface area contributed by atoms with Gasteiger partial charge in [-0.15, -0.1) is 0 Å². The molecule has 1 heterocycles. The Balaban J connectivity index is 1.78. The van der Waals surface area contributed by atoms with Gasteiger partial charge in [0, 0.05) is 23.1 Å². The number of Topliss-reactive ketones (excluding diaryl/α,β-unsaturated/α-hetero) is 1. The molecular weight excluding hydrogens is 486 g/mol. The summed E-state index contributed by atoms with van der Waals surface area (Å²) in [7, 11) is -2.45. The Bertz CT molecular complexity index is 1040. The van der Waals surface area contributed by atoms with Crippen LogP contribution in [0.1, 0.15) is 46.4 Å². The highest BCUT2D eigenvalue weighted by Gasteiger charge is 2.29. The maximum absolute atomic E-state index is 13.2. The van der Waals surface area contributed by atoms with Crippen molar-refractivity contribution in [1.82, 2.24) is 4.31 Å². The summed E-state index contributed by atoms with van der Waals surface area (Å²) in [6, 6.07) is 10.8. The van der Waals surface area contributed by atoms with Crippen LogP contribution in [0.25, 0.3) is 0 Å². The van der Waals surface area contributed by atoms with Crippen LogP contribution in [-0.4, -0.2) is 51.3 Å². The van der Waals surface area contributed by atoms with E-state index in [9.17, 15) is 18.0 Å². The number of ketones is 1. The molecule has 31 heavy (non-hydrogen) atoms. The molecule has 2 aromatic rings. The summed E-state index contributed by atoms with van der Waals surface area (Å²) in [6.45, 7) is 0.421. The summed E-state index contributed by atoms with van der Waals surface area (Å²) in [5.74, 6) is -0.973. The zero-order valence-electron chi connectivity index (χ0n) is 17.2. The van der Waals surface area contributed by atoms with Crippen LogP contribution in [0, 0.1) is 0 Å². The molecule has 1 aliphatic rings. The van der Waals surface area contributed by atoms with E-state index in [-0.39, 0.29) is 22.0 Å². The van der Waals surface area contributed by atoms with Gasteiger partial charge in [-0.25, -0.2) is 13.2 Å². The number of benzene rings is 2. The van der Waals surface area contributed by atoms with E-state index in [1.807, 2.05) is 0 Å². The van der Waals surface area contributed by atoms with Crippen molar-refractivity contribution in [2.75, 3.05) is 26.8 Å². The number of rotatable bonds is 7. The fourth-order valence-electron chi connectivity index (χ4n) is 3.36. The van der Waals surface area contributed by atoms with Gasteiger partial charge in [0.1, 0.15) is 10.6 Å². The number of carbonyl (C=O) groups is 2. The Kier molecular flexibility index (Phi) is 7.85. The lowest BCUT2D eigenvalue weighted by molar-refractivity contribution is 0.0474. The van der Waals surface area contributed by atoms with Crippen molar-refractivity contribution in [2.45, 2.75) is 30.6 Å². The van der Waals surface area contributed by atoms with Crippen LogP contribution in [0.3, 0.4) is 0 Å². The Morgan fingerprint density at radius 1 is 0.968 bits per heavy atom. The summed E-state index contributed by atoms with van der Waals surface area (Å²) in [6.07, 6.45) is 3.56. The van der Waals surface area contributed by atoms with Crippen molar-refractivity contribution in [3.05, 3.63) is 58.1 Å². The Morgan fingerprint density at radius 2 is 1.58 bits per heavy atom. The number of sulfonamides is 1. The highest BCUT2D eigenvalue weighted by molar-refractivity contribution is 9.10. The lowest BCUT2D eigenvalue weighted by Crippen LogP contribution is -2.32. The maximum Gasteiger partial charge on any atom is 0.338 e. The van der Waals surface area contributed by atoms with E-state index in [4.69, 9.17) is 9.47 Å². The van der Waals surface area contributed by atoms with Crippen molar-refractivity contribution in [3.63, 3.8) is 0 Å². The van der Waals surface area contributed by atoms with E-state index in [0.717, 1.165) is 30.2 Å². The second-order valence-electron chi connectivity index (χ2n) is 7.19. The SMILES string of the molecule is COc1ccc(C(=O)OCC(=O)c2ccc(Br)cc2)cc1S(=O)(=O)N1CCCCCC1. The van der Waals surface area contributed by atoms with E-state index in [1.54, 1.807) is 24.3 Å². The molecule has 0 N–H and O–H groups in total. The highest BCUT2D eigenvalue weighted by Crippen LogP contribution is 2.29. The number of ether oxygens (including phenoxy) is 2. The molecule has 0 bridgehead atoms. The van der Waals surface area contributed by atoms with Crippen LogP contribution < -0.4 is 4.74 Å². The molecule has 0 aliphatic carbocycles. The topological polar surface area (TPSA) is 90.0 Å². The lowest BCUT2D eigenvalue weighted by Gasteiger charge is -2.21. The number of nitrogens with zero attached hydrogens (tertiary/aromatic N) is 1. The fourth-order valence-corrected chi connectivity index (χ4v) is 5.32. The molecule has 0 unspecified atom stereocenters. The van der Waals surface area contributed by atoms with Gasteiger partial charge < -0.3 is 9.47 Å². The minimum Gasteiger partial charge on any atom is -0.495 e. The van der Waals surface area contributed by atoms with Crippen LogP contribution in [0.2, 0.25) is 0 Å². The molecule has 0 amide bonds. The maximum atomic E-state index is 13.2. The molecule has 166 valence electrons. The largest absolute Gasteiger partial charge is 0.495 e. The highest BCUT2D eigenvalue weighted by atomic mass is 79.9. The number of halogens is 1. The first-order valence-electron chi connectivity index (χ1n) is 9.97. The Hall–Kier alpha value is -2.23. The van der Waals surface area contributed by atoms with Crippen molar-refractivity contribution in [3.8, 4) is 5.75 Å². The van der Waals surface area contributed by atoms with Crippen molar-refractivity contribution in [1.29, 1.82) is 0 Å². The van der Waals surface area contributed by atoms with Gasteiger partial charge in [-0.3, -0.25) is 4.79 Å². The predicted octanol–water partition coefficient (Wildman–Crippen LogP) is 4.06. The molecular formula is C22H24BrNO6S. The van der Waals surface area contributed by atoms with Crippen molar-refractivity contribution >= 4 is 37.7 Å². The van der Waals surface area contributed by atoms with E-state index in [1.165, 1.54) is 29.6 Å². The number of carbonyl (C=O) groups excluding carboxylic acids is 2. The van der Waals surface area contributed by atoms with Gasteiger partial charge in [0.2, 0.25) is 10.0 Å². The molecule has 0 radical (unpaired) electrons. The number of methoxy groups -OCH3 is 1. The van der Waals surface area contributed by atoms with Gasteiger partial charge in [-0.2, -0.15) is 4.31 Å². The standard InChI is InChI=1S/C22H24BrNO6S/c1-29-20-11-8-17(14-21(20)31(27,28)24-12-4-2-3-5-13-24)22(26)30-15-19(25)16-6-9-18(23)10-7-16/h6-11,14H,2-5,12-13,15H2,1H3. The summed E-state index contributed by atoms with van der Waals surface area (Å²) in [4.78, 5) is 24.7. The van der Waals surface area contributed by atoms with Crippen LogP contribution in [0.5, 0.6) is 5.75 Å². The zero-order chi connectivity index (χ0) is 22.4. The van der Waals surface area contributed by atoms with Crippen molar-refractivity contribution in [2.24, 2.45) is 0 Å². The average Bonchev–Trinajstić information content (AvgIpc) is 3.07. The lowest BCUT2D eigenvalue weighted by atomic mass is 10.1. The summed E-state index contributed by atoms with van der Waals surface area (Å²) < 4.78 is 39.1. The Labute approximate surface area is 190 Å². The van der Waals surface area contributed by atoms with Crippen molar-refractivity contribution < 1.29 is 27.5 Å². The summed E-state index contributed by atoms with van der Waals surface area (Å²) in [5.41, 5.74) is 0.452. The predicted molar refractivity (Wildman–Crippen MR) is 119 cm³/mol. The first-order valence-corrected chi connectivity index (χ1v) is 12.2. The fraction of sp³-hybridized carbons (Fsp3) is 0.364. The summed E-state index contributed by atoms with van der Waals surface area (Å²) >= 11 is 3.30. The second-order valence-corrected chi connectivity index (χ2v) is 10.0. The summed E-state index contributed by atoms with van der Waals surface area (Å²) in [5, 5.41) is 0. The van der Waals surface area contributed by atoms with Crippen LogP contribution in [0.4, 0.5) is 0 Å². The van der Waals surface area contributed by atoms with Gasteiger partial charge in [0.15, 0.2) is 12.4 Å². The molecule has 1 fully saturated rings. The van der Waals surface area contributed by atoms with Gasteiger partial charge in [-0.1, -0.05) is 40.9 Å². The molecule has 2 aromatic carbocycles. The molecule has 3 rings (SSSR count). The normalized spacial score (nSPS) is 15.2. The van der Waals surface area contributed by atoms with Crippen LogP contribution in [0.15, 0.2) is 51.8 Å². The third kappa shape index (κ3) is 5.72. The molecule has 0 spiro atoms. The smallest absolute Gasteiger partial charge is 0.338 e.